The molecule has 1 saturated heterocycles. The third kappa shape index (κ3) is 2.10. The Hall–Kier alpha value is -0.120. The Balaban J connectivity index is 1.86. The second-order valence-electron chi connectivity index (χ2n) is 4.59. The summed E-state index contributed by atoms with van der Waals surface area (Å²) in [6.45, 7) is 2.97. The molecule has 3 nitrogen and oxygen atoms in total. The molecule has 14 heavy (non-hydrogen) atoms. The predicted molar refractivity (Wildman–Crippen MR) is 54.9 cm³/mol. The van der Waals surface area contributed by atoms with E-state index >= 15 is 0 Å². The topological polar surface area (TPSA) is 44.5 Å². The van der Waals surface area contributed by atoms with Crippen LogP contribution in [0, 0.1) is 0 Å². The minimum Gasteiger partial charge on any atom is -0.347 e. The van der Waals surface area contributed by atoms with Crippen molar-refractivity contribution < 1.29 is 9.47 Å². The number of hydrogen-bond acceptors (Lipinski definition) is 3. The van der Waals surface area contributed by atoms with E-state index in [9.17, 15) is 0 Å². The standard InChI is InChI=1S/C11H21NO2/c1-2-3-10-8-13-11(14-10)6-4-9(12)5-7-11/h9-10H,2-8,12H2,1H3. The van der Waals surface area contributed by atoms with Crippen molar-refractivity contribution in [3.05, 3.63) is 0 Å². The Morgan fingerprint density at radius 3 is 2.71 bits per heavy atom. The molecule has 2 aliphatic rings. The fourth-order valence-corrected chi connectivity index (χ4v) is 2.42. The molecule has 0 radical (unpaired) electrons. The quantitative estimate of drug-likeness (QED) is 0.737. The van der Waals surface area contributed by atoms with Crippen molar-refractivity contribution in [1.29, 1.82) is 0 Å². The molecule has 0 aromatic carbocycles. The van der Waals surface area contributed by atoms with Crippen molar-refractivity contribution >= 4 is 0 Å². The molecular weight excluding hydrogens is 178 g/mol. The van der Waals surface area contributed by atoms with Gasteiger partial charge in [0.1, 0.15) is 0 Å². The average Bonchev–Trinajstić information content (AvgIpc) is 2.56. The molecule has 0 bridgehead atoms. The molecule has 1 heterocycles. The van der Waals surface area contributed by atoms with E-state index in [4.69, 9.17) is 15.2 Å². The summed E-state index contributed by atoms with van der Waals surface area (Å²) in [6, 6.07) is 0.359. The van der Waals surface area contributed by atoms with Gasteiger partial charge in [0.15, 0.2) is 5.79 Å². The van der Waals surface area contributed by atoms with E-state index in [1.165, 1.54) is 6.42 Å². The van der Waals surface area contributed by atoms with Gasteiger partial charge in [-0.15, -0.1) is 0 Å². The first-order chi connectivity index (χ1) is 6.74. The van der Waals surface area contributed by atoms with Gasteiger partial charge in [0.2, 0.25) is 0 Å². The molecule has 1 aliphatic carbocycles. The van der Waals surface area contributed by atoms with Crippen LogP contribution in [-0.4, -0.2) is 24.5 Å². The van der Waals surface area contributed by atoms with Crippen LogP contribution in [0.15, 0.2) is 0 Å². The molecule has 1 spiro atoms. The number of rotatable bonds is 2. The van der Waals surface area contributed by atoms with Gasteiger partial charge in [-0.25, -0.2) is 0 Å². The Kier molecular flexibility index (Phi) is 3.10. The predicted octanol–water partition coefficient (Wildman–Crippen LogP) is 1.80. The molecule has 0 amide bonds. The zero-order valence-electron chi connectivity index (χ0n) is 9.00. The average molecular weight is 199 g/mol. The minimum absolute atomic E-state index is 0.254. The van der Waals surface area contributed by atoms with Crippen LogP contribution in [0.2, 0.25) is 0 Å². The third-order valence-corrected chi connectivity index (χ3v) is 3.32. The molecule has 1 atom stereocenters. The van der Waals surface area contributed by atoms with Gasteiger partial charge >= 0.3 is 0 Å². The van der Waals surface area contributed by atoms with Crippen LogP contribution < -0.4 is 5.73 Å². The molecule has 2 N–H and O–H groups in total. The van der Waals surface area contributed by atoms with Crippen LogP contribution >= 0.6 is 0 Å². The summed E-state index contributed by atoms with van der Waals surface area (Å²) in [5, 5.41) is 0. The second-order valence-corrected chi connectivity index (χ2v) is 4.59. The van der Waals surface area contributed by atoms with Crippen molar-refractivity contribution in [2.75, 3.05) is 6.61 Å². The molecule has 1 unspecified atom stereocenters. The molecule has 2 rings (SSSR count). The van der Waals surface area contributed by atoms with E-state index in [-0.39, 0.29) is 5.79 Å². The monoisotopic (exact) mass is 199 g/mol. The number of hydrogen-bond donors (Lipinski definition) is 1. The van der Waals surface area contributed by atoms with Gasteiger partial charge in [-0.3, -0.25) is 0 Å². The van der Waals surface area contributed by atoms with Gasteiger partial charge in [-0.2, -0.15) is 0 Å². The lowest BCUT2D eigenvalue weighted by molar-refractivity contribution is -0.189. The fraction of sp³-hybridized carbons (Fsp3) is 1.00. The first kappa shape index (κ1) is 10.4. The van der Waals surface area contributed by atoms with Crippen LogP contribution in [0.3, 0.4) is 0 Å². The maximum atomic E-state index is 6.00. The van der Waals surface area contributed by atoms with Gasteiger partial charge in [0.25, 0.3) is 0 Å². The van der Waals surface area contributed by atoms with Crippen molar-refractivity contribution in [2.45, 2.75) is 63.4 Å². The van der Waals surface area contributed by atoms with Gasteiger partial charge in [-0.05, 0) is 19.3 Å². The van der Waals surface area contributed by atoms with Gasteiger partial charge < -0.3 is 15.2 Å². The van der Waals surface area contributed by atoms with E-state index in [0.717, 1.165) is 38.7 Å². The zero-order valence-corrected chi connectivity index (χ0v) is 9.00. The SMILES string of the molecule is CCCC1COC2(CCC(N)CC2)O1. The van der Waals surface area contributed by atoms with Crippen molar-refractivity contribution in [1.82, 2.24) is 0 Å². The molecule has 1 aliphatic heterocycles. The Morgan fingerprint density at radius 2 is 2.07 bits per heavy atom. The lowest BCUT2D eigenvalue weighted by Crippen LogP contribution is -2.40. The fourth-order valence-electron chi connectivity index (χ4n) is 2.42. The highest BCUT2D eigenvalue weighted by Gasteiger charge is 2.43. The molecule has 1 saturated carbocycles. The van der Waals surface area contributed by atoms with Crippen molar-refractivity contribution in [3.8, 4) is 0 Å². The highest BCUT2D eigenvalue weighted by molar-refractivity contribution is 4.86. The van der Waals surface area contributed by atoms with Crippen LogP contribution in [0.1, 0.15) is 45.4 Å². The Labute approximate surface area is 85.9 Å². The van der Waals surface area contributed by atoms with Crippen molar-refractivity contribution in [2.24, 2.45) is 5.73 Å². The summed E-state index contributed by atoms with van der Waals surface area (Å²) in [5.41, 5.74) is 5.87. The van der Waals surface area contributed by atoms with Crippen LogP contribution in [0.4, 0.5) is 0 Å². The van der Waals surface area contributed by atoms with Gasteiger partial charge in [0.05, 0.1) is 12.7 Å². The van der Waals surface area contributed by atoms with Gasteiger partial charge in [0, 0.05) is 18.9 Å². The summed E-state index contributed by atoms with van der Waals surface area (Å²) in [7, 11) is 0. The van der Waals surface area contributed by atoms with E-state index < -0.39 is 0 Å². The highest BCUT2D eigenvalue weighted by Crippen LogP contribution is 2.38. The second kappa shape index (κ2) is 4.17. The van der Waals surface area contributed by atoms with Crippen LogP contribution in [-0.2, 0) is 9.47 Å². The van der Waals surface area contributed by atoms with E-state index in [0.29, 0.717) is 12.1 Å². The summed E-state index contributed by atoms with van der Waals surface area (Å²) < 4.78 is 11.8. The number of nitrogens with two attached hydrogens (primary N) is 1. The summed E-state index contributed by atoms with van der Waals surface area (Å²) in [5.74, 6) is -0.254. The normalized spacial score (nSPS) is 43.3. The lowest BCUT2D eigenvalue weighted by atomic mass is 9.91. The smallest absolute Gasteiger partial charge is 0.169 e. The summed E-state index contributed by atoms with van der Waals surface area (Å²) >= 11 is 0. The van der Waals surface area contributed by atoms with E-state index in [1.807, 2.05) is 0 Å². The first-order valence-corrected chi connectivity index (χ1v) is 5.81. The van der Waals surface area contributed by atoms with Gasteiger partial charge in [-0.1, -0.05) is 13.3 Å². The molecule has 0 aromatic rings. The van der Waals surface area contributed by atoms with Crippen molar-refractivity contribution in [3.63, 3.8) is 0 Å². The molecule has 82 valence electrons. The maximum Gasteiger partial charge on any atom is 0.169 e. The Morgan fingerprint density at radius 1 is 1.36 bits per heavy atom. The minimum atomic E-state index is -0.254. The van der Waals surface area contributed by atoms with E-state index in [1.54, 1.807) is 0 Å². The molecule has 0 aromatic heterocycles. The van der Waals surface area contributed by atoms with Crippen LogP contribution in [0.25, 0.3) is 0 Å². The maximum absolute atomic E-state index is 6.00. The Bertz CT molecular complexity index is 188. The van der Waals surface area contributed by atoms with E-state index in [2.05, 4.69) is 6.92 Å². The zero-order chi connectivity index (χ0) is 10.0. The molecule has 2 fully saturated rings. The third-order valence-electron chi connectivity index (χ3n) is 3.32. The highest BCUT2D eigenvalue weighted by atomic mass is 16.7. The summed E-state index contributed by atoms with van der Waals surface area (Å²) in [4.78, 5) is 0. The number of ether oxygens (including phenoxy) is 2. The largest absolute Gasteiger partial charge is 0.347 e. The molecule has 3 heteroatoms. The first-order valence-electron chi connectivity index (χ1n) is 5.81. The van der Waals surface area contributed by atoms with Crippen LogP contribution in [0.5, 0.6) is 0 Å². The summed E-state index contributed by atoms with van der Waals surface area (Å²) in [6.07, 6.45) is 6.66. The molecular formula is C11H21NO2. The lowest BCUT2D eigenvalue weighted by Gasteiger charge is -2.34.